The number of nitrogens with two attached hydrogens (primary N) is 1. The van der Waals surface area contributed by atoms with Crippen molar-refractivity contribution in [2.75, 3.05) is 10.6 Å². The molecular formula is C17H19FN4O2S. The molecule has 6 nitrogen and oxygen atoms in total. The first kappa shape index (κ1) is 17.5. The molecule has 2 unspecified atom stereocenters. The Morgan fingerprint density at radius 2 is 2.12 bits per heavy atom. The van der Waals surface area contributed by atoms with Crippen molar-refractivity contribution in [3.63, 3.8) is 0 Å². The number of carbonyl (C=O) groups excluding carboxylic acids is 2. The first-order valence-corrected chi connectivity index (χ1v) is 8.90. The fraction of sp³-hybridized carbons (Fsp3) is 0.353. The fourth-order valence-corrected chi connectivity index (χ4v) is 3.63. The molecule has 4 N–H and O–H groups in total. The summed E-state index contributed by atoms with van der Waals surface area (Å²) in [5.41, 5.74) is 6.97. The van der Waals surface area contributed by atoms with Gasteiger partial charge in [-0.25, -0.2) is 9.37 Å². The number of amides is 2. The third-order valence-electron chi connectivity index (χ3n) is 4.14. The van der Waals surface area contributed by atoms with Crippen molar-refractivity contribution in [1.82, 2.24) is 4.98 Å². The molecule has 0 spiro atoms. The standard InChI is InChI=1S/C17H19FN4O2S/c1-9(23)20-12-4-5-13(14(18)7-12)15-8-25-17(21-15)22-16(24)10-2-3-11(19)6-10/h4-5,7-8,10-11H,2-3,6,19H2,1H3,(H,20,23)(H,21,22,24). The molecule has 1 heterocycles. The molecule has 1 aliphatic rings. The van der Waals surface area contributed by atoms with Crippen molar-refractivity contribution in [2.45, 2.75) is 32.2 Å². The van der Waals surface area contributed by atoms with Crippen molar-refractivity contribution >= 4 is 34.0 Å². The number of hydrogen-bond donors (Lipinski definition) is 3. The molecule has 0 bridgehead atoms. The Morgan fingerprint density at radius 3 is 2.76 bits per heavy atom. The number of anilines is 2. The number of hydrogen-bond acceptors (Lipinski definition) is 5. The number of thiazole rings is 1. The topological polar surface area (TPSA) is 97.1 Å². The second kappa shape index (κ2) is 7.28. The van der Waals surface area contributed by atoms with Gasteiger partial charge in [-0.3, -0.25) is 9.59 Å². The summed E-state index contributed by atoms with van der Waals surface area (Å²) >= 11 is 1.25. The summed E-state index contributed by atoms with van der Waals surface area (Å²) in [5.74, 6) is -0.931. The Kier molecular flexibility index (Phi) is 5.10. The van der Waals surface area contributed by atoms with Gasteiger partial charge in [0, 0.05) is 35.5 Å². The molecule has 0 aliphatic heterocycles. The van der Waals surface area contributed by atoms with Crippen LogP contribution < -0.4 is 16.4 Å². The summed E-state index contributed by atoms with van der Waals surface area (Å²) in [6.07, 6.45) is 2.32. The van der Waals surface area contributed by atoms with Gasteiger partial charge in [-0.15, -0.1) is 11.3 Å². The van der Waals surface area contributed by atoms with Gasteiger partial charge in [0.25, 0.3) is 0 Å². The molecule has 8 heteroatoms. The molecule has 1 aromatic carbocycles. The molecule has 2 atom stereocenters. The van der Waals surface area contributed by atoms with Gasteiger partial charge >= 0.3 is 0 Å². The highest BCUT2D eigenvalue weighted by atomic mass is 32.1. The van der Waals surface area contributed by atoms with Crippen LogP contribution in [0.25, 0.3) is 11.3 Å². The lowest BCUT2D eigenvalue weighted by Crippen LogP contribution is -2.23. The quantitative estimate of drug-likeness (QED) is 0.779. The minimum absolute atomic E-state index is 0.0822. The van der Waals surface area contributed by atoms with E-state index in [0.29, 0.717) is 28.5 Å². The van der Waals surface area contributed by atoms with Gasteiger partial charge in [-0.2, -0.15) is 0 Å². The lowest BCUT2D eigenvalue weighted by Gasteiger charge is -2.08. The van der Waals surface area contributed by atoms with Gasteiger partial charge in [-0.05, 0) is 37.5 Å². The van der Waals surface area contributed by atoms with Gasteiger partial charge in [0.2, 0.25) is 11.8 Å². The highest BCUT2D eigenvalue weighted by molar-refractivity contribution is 7.14. The van der Waals surface area contributed by atoms with Crippen LogP contribution in [0.4, 0.5) is 15.2 Å². The lowest BCUT2D eigenvalue weighted by atomic mass is 10.1. The molecule has 2 aromatic rings. The van der Waals surface area contributed by atoms with Gasteiger partial charge < -0.3 is 16.4 Å². The lowest BCUT2D eigenvalue weighted by molar-refractivity contribution is -0.119. The van der Waals surface area contributed by atoms with Gasteiger partial charge in [0.05, 0.1) is 5.69 Å². The van der Waals surface area contributed by atoms with Crippen LogP contribution in [0.15, 0.2) is 23.6 Å². The molecule has 0 radical (unpaired) electrons. The maximum absolute atomic E-state index is 14.3. The van der Waals surface area contributed by atoms with Crippen molar-refractivity contribution in [3.05, 3.63) is 29.4 Å². The van der Waals surface area contributed by atoms with Crippen LogP contribution in [-0.2, 0) is 9.59 Å². The molecule has 3 rings (SSSR count). The number of halogens is 1. The number of aromatic nitrogens is 1. The van der Waals surface area contributed by atoms with E-state index >= 15 is 0 Å². The van der Waals surface area contributed by atoms with Crippen molar-refractivity contribution in [1.29, 1.82) is 0 Å². The van der Waals surface area contributed by atoms with Crippen LogP contribution >= 0.6 is 11.3 Å². The number of rotatable bonds is 4. The van der Waals surface area contributed by atoms with E-state index in [-0.39, 0.29) is 23.8 Å². The minimum atomic E-state index is -0.490. The summed E-state index contributed by atoms with van der Waals surface area (Å²) in [5, 5.41) is 7.43. The van der Waals surface area contributed by atoms with E-state index in [0.717, 1.165) is 12.8 Å². The monoisotopic (exact) mass is 362 g/mol. The summed E-state index contributed by atoms with van der Waals surface area (Å²) in [7, 11) is 0. The minimum Gasteiger partial charge on any atom is -0.328 e. The summed E-state index contributed by atoms with van der Waals surface area (Å²) in [6.45, 7) is 1.36. The molecule has 132 valence electrons. The van der Waals surface area contributed by atoms with Crippen molar-refractivity contribution in [2.24, 2.45) is 11.7 Å². The molecule has 1 aromatic heterocycles. The fourth-order valence-electron chi connectivity index (χ4n) is 2.92. The molecular weight excluding hydrogens is 343 g/mol. The van der Waals surface area contributed by atoms with Crippen LogP contribution in [0.2, 0.25) is 0 Å². The summed E-state index contributed by atoms with van der Waals surface area (Å²) in [4.78, 5) is 27.5. The largest absolute Gasteiger partial charge is 0.328 e. The second-order valence-corrected chi connectivity index (χ2v) is 7.03. The van der Waals surface area contributed by atoms with Gasteiger partial charge in [0.1, 0.15) is 5.82 Å². The van der Waals surface area contributed by atoms with Gasteiger partial charge in [-0.1, -0.05) is 0 Å². The molecule has 25 heavy (non-hydrogen) atoms. The Labute approximate surface area is 148 Å². The average Bonchev–Trinajstić information content (AvgIpc) is 3.16. The van der Waals surface area contributed by atoms with E-state index in [1.165, 1.54) is 24.3 Å². The second-order valence-electron chi connectivity index (χ2n) is 6.17. The number of nitrogens with zero attached hydrogens (tertiary/aromatic N) is 1. The Balaban J connectivity index is 1.71. The van der Waals surface area contributed by atoms with Crippen LogP contribution in [-0.4, -0.2) is 22.8 Å². The van der Waals surface area contributed by atoms with Crippen LogP contribution in [0.1, 0.15) is 26.2 Å². The molecule has 0 saturated heterocycles. The Morgan fingerprint density at radius 1 is 1.32 bits per heavy atom. The first-order chi connectivity index (χ1) is 11.9. The number of carbonyl (C=O) groups is 2. The van der Waals surface area contributed by atoms with E-state index < -0.39 is 5.82 Å². The Bertz CT molecular complexity index is 808. The van der Waals surface area contributed by atoms with E-state index in [4.69, 9.17) is 5.73 Å². The number of nitrogens with one attached hydrogen (secondary N) is 2. The highest BCUT2D eigenvalue weighted by Crippen LogP contribution is 2.30. The van der Waals surface area contributed by atoms with Crippen LogP contribution in [0.3, 0.4) is 0 Å². The predicted molar refractivity (Wildman–Crippen MR) is 95.8 cm³/mol. The zero-order chi connectivity index (χ0) is 18.0. The highest BCUT2D eigenvalue weighted by Gasteiger charge is 2.28. The zero-order valence-electron chi connectivity index (χ0n) is 13.7. The summed E-state index contributed by atoms with van der Waals surface area (Å²) < 4.78 is 14.3. The maximum Gasteiger partial charge on any atom is 0.229 e. The first-order valence-electron chi connectivity index (χ1n) is 8.02. The molecule has 1 aliphatic carbocycles. The van der Waals surface area contributed by atoms with E-state index in [9.17, 15) is 14.0 Å². The van der Waals surface area contributed by atoms with Gasteiger partial charge in [0.15, 0.2) is 5.13 Å². The Hall–Kier alpha value is -2.32. The van der Waals surface area contributed by atoms with Crippen molar-refractivity contribution < 1.29 is 14.0 Å². The van der Waals surface area contributed by atoms with E-state index in [1.54, 1.807) is 17.5 Å². The maximum atomic E-state index is 14.3. The molecule has 1 fully saturated rings. The normalized spacial score (nSPS) is 19.6. The number of benzene rings is 1. The summed E-state index contributed by atoms with van der Waals surface area (Å²) in [6, 6.07) is 4.49. The van der Waals surface area contributed by atoms with Crippen molar-refractivity contribution in [3.8, 4) is 11.3 Å². The molecule has 1 saturated carbocycles. The third kappa shape index (κ3) is 4.21. The third-order valence-corrected chi connectivity index (χ3v) is 4.90. The van der Waals surface area contributed by atoms with E-state index in [1.807, 2.05) is 0 Å². The van der Waals surface area contributed by atoms with E-state index in [2.05, 4.69) is 15.6 Å². The SMILES string of the molecule is CC(=O)Nc1ccc(-c2csc(NC(=O)C3CCC(N)C3)n2)c(F)c1. The average molecular weight is 362 g/mol. The smallest absolute Gasteiger partial charge is 0.229 e. The molecule has 2 amide bonds. The van der Waals surface area contributed by atoms with Crippen LogP contribution in [0.5, 0.6) is 0 Å². The predicted octanol–water partition coefficient (Wildman–Crippen LogP) is 2.97. The van der Waals surface area contributed by atoms with Crippen LogP contribution in [0, 0.1) is 11.7 Å². The zero-order valence-corrected chi connectivity index (χ0v) is 14.5.